The maximum absolute atomic E-state index is 12.7. The normalized spacial score (nSPS) is 11.6. The minimum absolute atomic E-state index is 0.128. The minimum atomic E-state index is -0.370. The molecular formula is C19H27ClN4O. The van der Waals surface area contributed by atoms with Gasteiger partial charge >= 0.3 is 0 Å². The third-order valence-corrected chi connectivity index (χ3v) is 5.26. The predicted octanol–water partition coefficient (Wildman–Crippen LogP) is 3.45. The van der Waals surface area contributed by atoms with Crippen molar-refractivity contribution in [3.05, 3.63) is 51.8 Å². The van der Waals surface area contributed by atoms with Crippen molar-refractivity contribution >= 4 is 17.5 Å². The number of amides is 1. The molecule has 0 saturated heterocycles. The van der Waals surface area contributed by atoms with Crippen LogP contribution in [0, 0.1) is 13.8 Å². The van der Waals surface area contributed by atoms with Crippen molar-refractivity contribution in [1.29, 1.82) is 0 Å². The van der Waals surface area contributed by atoms with Gasteiger partial charge in [-0.15, -0.1) is 0 Å². The van der Waals surface area contributed by atoms with Crippen LogP contribution in [0.2, 0.25) is 5.02 Å². The molecule has 25 heavy (non-hydrogen) atoms. The van der Waals surface area contributed by atoms with Gasteiger partial charge in [-0.05, 0) is 38.3 Å². The molecule has 0 bridgehead atoms. The molecule has 0 aliphatic heterocycles. The summed E-state index contributed by atoms with van der Waals surface area (Å²) < 4.78 is 1.82. The number of rotatable bonds is 7. The van der Waals surface area contributed by atoms with Gasteiger partial charge in [-0.3, -0.25) is 9.48 Å². The number of benzene rings is 1. The van der Waals surface area contributed by atoms with E-state index in [0.717, 1.165) is 24.1 Å². The second-order valence-electron chi connectivity index (χ2n) is 6.55. The van der Waals surface area contributed by atoms with Crippen LogP contribution in [0.5, 0.6) is 0 Å². The van der Waals surface area contributed by atoms with E-state index in [0.29, 0.717) is 29.4 Å². The van der Waals surface area contributed by atoms with Crippen LogP contribution in [0.3, 0.4) is 0 Å². The van der Waals surface area contributed by atoms with Gasteiger partial charge in [0.15, 0.2) is 0 Å². The lowest BCUT2D eigenvalue weighted by Crippen LogP contribution is -2.49. The Morgan fingerprint density at radius 3 is 2.52 bits per heavy atom. The van der Waals surface area contributed by atoms with Crippen LogP contribution in [0.1, 0.15) is 54.0 Å². The molecule has 0 fully saturated rings. The van der Waals surface area contributed by atoms with Crippen molar-refractivity contribution in [2.45, 2.75) is 52.6 Å². The van der Waals surface area contributed by atoms with E-state index in [1.165, 1.54) is 0 Å². The SMILES string of the molecule is CCC(N)(CC)CNC(=O)c1c(C)nn(Cc2ccccc2Cl)c1C. The van der Waals surface area contributed by atoms with Crippen molar-refractivity contribution < 1.29 is 4.79 Å². The number of nitrogens with two attached hydrogens (primary N) is 1. The standard InChI is InChI=1S/C19H27ClN4O/c1-5-19(21,6-2)12-22-18(25)17-13(3)23-24(14(17)4)11-15-9-7-8-10-16(15)20/h7-10H,5-6,11-12,21H2,1-4H3,(H,22,25). The molecule has 0 aliphatic rings. The fourth-order valence-corrected chi connectivity index (χ4v) is 3.01. The Balaban J connectivity index is 2.19. The molecule has 0 spiro atoms. The van der Waals surface area contributed by atoms with Crippen LogP contribution in [-0.4, -0.2) is 27.8 Å². The Kier molecular flexibility index (Phi) is 6.25. The first-order valence-corrected chi connectivity index (χ1v) is 9.03. The monoisotopic (exact) mass is 362 g/mol. The van der Waals surface area contributed by atoms with Crippen LogP contribution >= 0.6 is 11.6 Å². The summed E-state index contributed by atoms with van der Waals surface area (Å²) in [7, 11) is 0. The molecule has 2 rings (SSSR count). The average molecular weight is 363 g/mol. The number of aromatic nitrogens is 2. The predicted molar refractivity (Wildman–Crippen MR) is 102 cm³/mol. The van der Waals surface area contributed by atoms with Crippen LogP contribution < -0.4 is 11.1 Å². The quantitative estimate of drug-likeness (QED) is 0.792. The van der Waals surface area contributed by atoms with E-state index in [-0.39, 0.29) is 11.4 Å². The summed E-state index contributed by atoms with van der Waals surface area (Å²) in [5, 5.41) is 8.18. The van der Waals surface area contributed by atoms with Gasteiger partial charge in [0.05, 0.1) is 17.8 Å². The maximum Gasteiger partial charge on any atom is 0.255 e. The third kappa shape index (κ3) is 4.41. The lowest BCUT2D eigenvalue weighted by Gasteiger charge is -2.26. The van der Waals surface area contributed by atoms with Crippen LogP contribution in [-0.2, 0) is 6.54 Å². The van der Waals surface area contributed by atoms with Gasteiger partial charge in [0, 0.05) is 22.8 Å². The van der Waals surface area contributed by atoms with E-state index in [2.05, 4.69) is 10.4 Å². The molecule has 6 heteroatoms. The second-order valence-corrected chi connectivity index (χ2v) is 6.95. The lowest BCUT2D eigenvalue weighted by molar-refractivity contribution is 0.0941. The van der Waals surface area contributed by atoms with Crippen molar-refractivity contribution in [2.75, 3.05) is 6.54 Å². The summed E-state index contributed by atoms with van der Waals surface area (Å²) in [4.78, 5) is 12.7. The van der Waals surface area contributed by atoms with Gasteiger partial charge in [0.2, 0.25) is 0 Å². The van der Waals surface area contributed by atoms with E-state index in [1.54, 1.807) is 0 Å². The highest BCUT2D eigenvalue weighted by Crippen LogP contribution is 2.20. The Hall–Kier alpha value is -1.85. The number of nitrogens with one attached hydrogen (secondary N) is 1. The van der Waals surface area contributed by atoms with Crippen molar-refractivity contribution in [3.8, 4) is 0 Å². The number of nitrogens with zero attached hydrogens (tertiary/aromatic N) is 2. The molecular weight excluding hydrogens is 336 g/mol. The van der Waals surface area contributed by atoms with E-state index in [9.17, 15) is 4.79 Å². The number of hydrogen-bond donors (Lipinski definition) is 2. The molecule has 0 aliphatic carbocycles. The van der Waals surface area contributed by atoms with Crippen LogP contribution in [0.4, 0.5) is 0 Å². The van der Waals surface area contributed by atoms with Gasteiger partial charge in [0.1, 0.15) is 0 Å². The first-order valence-electron chi connectivity index (χ1n) is 8.65. The lowest BCUT2D eigenvalue weighted by atomic mass is 9.94. The smallest absolute Gasteiger partial charge is 0.255 e. The highest BCUT2D eigenvalue weighted by atomic mass is 35.5. The van der Waals surface area contributed by atoms with Gasteiger partial charge < -0.3 is 11.1 Å². The number of aryl methyl sites for hydroxylation is 1. The van der Waals surface area contributed by atoms with Gasteiger partial charge in [-0.2, -0.15) is 5.10 Å². The molecule has 1 amide bonds. The fourth-order valence-electron chi connectivity index (χ4n) is 2.81. The fraction of sp³-hybridized carbons (Fsp3) is 0.474. The zero-order valence-electron chi connectivity index (χ0n) is 15.4. The van der Waals surface area contributed by atoms with Crippen molar-refractivity contribution in [2.24, 2.45) is 5.73 Å². The van der Waals surface area contributed by atoms with Crippen LogP contribution in [0.25, 0.3) is 0 Å². The van der Waals surface area contributed by atoms with E-state index in [1.807, 2.05) is 56.6 Å². The molecule has 2 aromatic rings. The Morgan fingerprint density at radius 1 is 1.28 bits per heavy atom. The summed E-state index contributed by atoms with van der Waals surface area (Å²) in [5.41, 5.74) is 9.02. The zero-order valence-corrected chi connectivity index (χ0v) is 16.2. The minimum Gasteiger partial charge on any atom is -0.350 e. The third-order valence-electron chi connectivity index (χ3n) is 4.90. The zero-order chi connectivity index (χ0) is 18.6. The topological polar surface area (TPSA) is 72.9 Å². The summed E-state index contributed by atoms with van der Waals surface area (Å²) >= 11 is 6.23. The summed E-state index contributed by atoms with van der Waals surface area (Å²) in [6.07, 6.45) is 1.63. The molecule has 0 unspecified atom stereocenters. The number of halogens is 1. The molecule has 0 radical (unpaired) electrons. The van der Waals surface area contributed by atoms with Gasteiger partial charge in [-0.1, -0.05) is 43.6 Å². The van der Waals surface area contributed by atoms with Crippen molar-refractivity contribution in [3.63, 3.8) is 0 Å². The molecule has 136 valence electrons. The summed E-state index contributed by atoms with van der Waals surface area (Å²) in [6, 6.07) is 7.65. The highest BCUT2D eigenvalue weighted by Gasteiger charge is 2.24. The summed E-state index contributed by atoms with van der Waals surface area (Å²) in [6.45, 7) is 8.81. The molecule has 1 heterocycles. The maximum atomic E-state index is 12.7. The Labute approximate surface area is 154 Å². The van der Waals surface area contributed by atoms with E-state index < -0.39 is 0 Å². The largest absolute Gasteiger partial charge is 0.350 e. The van der Waals surface area contributed by atoms with E-state index >= 15 is 0 Å². The molecule has 1 aromatic carbocycles. The highest BCUT2D eigenvalue weighted by molar-refractivity contribution is 6.31. The first-order chi connectivity index (χ1) is 11.8. The van der Waals surface area contributed by atoms with E-state index in [4.69, 9.17) is 17.3 Å². The molecule has 5 nitrogen and oxygen atoms in total. The molecule has 0 saturated carbocycles. The Bertz CT molecular complexity index is 750. The Morgan fingerprint density at radius 2 is 1.92 bits per heavy atom. The molecule has 0 atom stereocenters. The average Bonchev–Trinajstić information content (AvgIpc) is 2.88. The summed E-state index contributed by atoms with van der Waals surface area (Å²) in [5.74, 6) is -0.128. The van der Waals surface area contributed by atoms with Gasteiger partial charge in [-0.25, -0.2) is 0 Å². The van der Waals surface area contributed by atoms with Crippen LogP contribution in [0.15, 0.2) is 24.3 Å². The number of hydrogen-bond acceptors (Lipinski definition) is 3. The first kappa shape index (κ1) is 19.5. The number of carbonyl (C=O) groups is 1. The van der Waals surface area contributed by atoms with Gasteiger partial charge in [0.25, 0.3) is 5.91 Å². The second kappa shape index (κ2) is 8.02. The molecule has 3 N–H and O–H groups in total. The number of carbonyl (C=O) groups excluding carboxylic acids is 1. The van der Waals surface area contributed by atoms with Crippen molar-refractivity contribution in [1.82, 2.24) is 15.1 Å². The molecule has 1 aromatic heterocycles.